The summed E-state index contributed by atoms with van der Waals surface area (Å²) in [6.45, 7) is 8.03. The number of carbonyl (C=O) groups excluding carboxylic acids is 1. The fourth-order valence-corrected chi connectivity index (χ4v) is 2.63. The van der Waals surface area contributed by atoms with E-state index in [4.69, 9.17) is 4.74 Å². The molecule has 6 heteroatoms. The zero-order valence-corrected chi connectivity index (χ0v) is 14.7. The molecule has 0 saturated carbocycles. The van der Waals surface area contributed by atoms with Crippen LogP contribution in [0.25, 0.3) is 10.6 Å². The third-order valence-electron chi connectivity index (χ3n) is 2.91. The second-order valence-electron chi connectivity index (χ2n) is 6.35. The number of hydrogen-bond donors (Lipinski definition) is 2. The monoisotopic (exact) mass is 333 g/mol. The van der Waals surface area contributed by atoms with E-state index in [0.717, 1.165) is 16.3 Å². The first-order chi connectivity index (χ1) is 10.8. The average Bonchev–Trinajstić information content (AvgIpc) is 2.98. The van der Waals surface area contributed by atoms with E-state index in [2.05, 4.69) is 21.7 Å². The number of carbonyl (C=O) groups is 1. The van der Waals surface area contributed by atoms with Crippen LogP contribution < -0.4 is 10.6 Å². The van der Waals surface area contributed by atoms with Crippen LogP contribution in [0.15, 0.2) is 35.8 Å². The zero-order valence-electron chi connectivity index (χ0n) is 13.9. The van der Waals surface area contributed by atoms with E-state index in [9.17, 15) is 4.79 Å². The SMILES string of the molecule is CC(CNC(=O)OC(C)(C)C)Nc1cccc(-c2nccs2)c1. The molecular weight excluding hydrogens is 310 g/mol. The van der Waals surface area contributed by atoms with Crippen LogP contribution in [0.3, 0.4) is 0 Å². The van der Waals surface area contributed by atoms with E-state index in [0.29, 0.717) is 6.54 Å². The van der Waals surface area contributed by atoms with Crippen molar-refractivity contribution in [2.24, 2.45) is 0 Å². The molecule has 0 aliphatic heterocycles. The van der Waals surface area contributed by atoms with E-state index in [1.54, 1.807) is 17.5 Å². The maximum absolute atomic E-state index is 11.7. The van der Waals surface area contributed by atoms with Crippen molar-refractivity contribution in [2.75, 3.05) is 11.9 Å². The number of thiazole rings is 1. The molecule has 1 aromatic heterocycles. The quantitative estimate of drug-likeness (QED) is 0.863. The van der Waals surface area contributed by atoms with Crippen LogP contribution in [-0.4, -0.2) is 29.3 Å². The third-order valence-corrected chi connectivity index (χ3v) is 3.73. The van der Waals surface area contributed by atoms with Crippen molar-refractivity contribution in [3.05, 3.63) is 35.8 Å². The molecular formula is C17H23N3O2S. The zero-order chi connectivity index (χ0) is 16.9. The Bertz CT molecular complexity index is 636. The summed E-state index contributed by atoms with van der Waals surface area (Å²) in [4.78, 5) is 16.0. The highest BCUT2D eigenvalue weighted by atomic mass is 32.1. The number of ether oxygens (including phenoxy) is 1. The number of anilines is 1. The second kappa shape index (κ2) is 7.46. The number of aromatic nitrogens is 1. The first kappa shape index (κ1) is 17.3. The lowest BCUT2D eigenvalue weighted by molar-refractivity contribution is 0.0526. The Morgan fingerprint density at radius 1 is 1.39 bits per heavy atom. The van der Waals surface area contributed by atoms with Crippen molar-refractivity contribution in [3.8, 4) is 10.6 Å². The fourth-order valence-electron chi connectivity index (χ4n) is 1.99. The molecule has 0 aliphatic carbocycles. The molecule has 0 aliphatic rings. The minimum atomic E-state index is -0.483. The van der Waals surface area contributed by atoms with Gasteiger partial charge in [0.2, 0.25) is 0 Å². The first-order valence-electron chi connectivity index (χ1n) is 7.57. The predicted octanol–water partition coefficient (Wildman–Crippen LogP) is 4.14. The van der Waals surface area contributed by atoms with Crippen LogP contribution in [0.2, 0.25) is 0 Å². The van der Waals surface area contributed by atoms with E-state index in [1.807, 2.05) is 51.3 Å². The van der Waals surface area contributed by atoms with E-state index >= 15 is 0 Å². The van der Waals surface area contributed by atoms with Gasteiger partial charge in [0.25, 0.3) is 0 Å². The Hall–Kier alpha value is -2.08. The largest absolute Gasteiger partial charge is 0.444 e. The average molecular weight is 333 g/mol. The van der Waals surface area contributed by atoms with Crippen molar-refractivity contribution in [3.63, 3.8) is 0 Å². The Morgan fingerprint density at radius 3 is 2.83 bits per heavy atom. The summed E-state index contributed by atoms with van der Waals surface area (Å²) in [6.07, 6.45) is 1.40. The molecule has 0 bridgehead atoms. The van der Waals surface area contributed by atoms with Crippen molar-refractivity contribution in [2.45, 2.75) is 39.3 Å². The van der Waals surface area contributed by atoms with Crippen molar-refractivity contribution in [1.29, 1.82) is 0 Å². The van der Waals surface area contributed by atoms with Crippen LogP contribution in [-0.2, 0) is 4.74 Å². The Balaban J connectivity index is 1.87. The minimum Gasteiger partial charge on any atom is -0.444 e. The summed E-state index contributed by atoms with van der Waals surface area (Å²) < 4.78 is 5.22. The number of amides is 1. The summed E-state index contributed by atoms with van der Waals surface area (Å²) in [5.41, 5.74) is 1.59. The Morgan fingerprint density at radius 2 is 2.17 bits per heavy atom. The number of rotatable bonds is 5. The van der Waals surface area contributed by atoms with Gasteiger partial charge in [-0.15, -0.1) is 11.3 Å². The van der Waals surface area contributed by atoms with Gasteiger partial charge in [0.05, 0.1) is 0 Å². The lowest BCUT2D eigenvalue weighted by Crippen LogP contribution is -2.38. The van der Waals surface area contributed by atoms with Crippen LogP contribution in [0.1, 0.15) is 27.7 Å². The molecule has 1 amide bonds. The van der Waals surface area contributed by atoms with Crippen LogP contribution in [0.5, 0.6) is 0 Å². The Labute approximate surface area is 141 Å². The van der Waals surface area contributed by atoms with E-state index in [-0.39, 0.29) is 6.04 Å². The topological polar surface area (TPSA) is 63.2 Å². The van der Waals surface area contributed by atoms with Gasteiger partial charge < -0.3 is 15.4 Å². The maximum atomic E-state index is 11.7. The lowest BCUT2D eigenvalue weighted by atomic mass is 10.2. The van der Waals surface area contributed by atoms with Gasteiger partial charge >= 0.3 is 6.09 Å². The highest BCUT2D eigenvalue weighted by Gasteiger charge is 2.16. The fraction of sp³-hybridized carbons (Fsp3) is 0.412. The van der Waals surface area contributed by atoms with Gasteiger partial charge in [-0.05, 0) is 39.8 Å². The van der Waals surface area contributed by atoms with Crippen LogP contribution in [0.4, 0.5) is 10.5 Å². The molecule has 2 N–H and O–H groups in total. The molecule has 1 atom stereocenters. The molecule has 1 aromatic carbocycles. The molecule has 5 nitrogen and oxygen atoms in total. The molecule has 2 rings (SSSR count). The summed E-state index contributed by atoms with van der Waals surface area (Å²) in [7, 11) is 0. The number of nitrogens with one attached hydrogen (secondary N) is 2. The summed E-state index contributed by atoms with van der Waals surface area (Å²) in [6, 6.07) is 8.17. The van der Waals surface area contributed by atoms with Gasteiger partial charge in [0.1, 0.15) is 10.6 Å². The van der Waals surface area contributed by atoms with Crippen LogP contribution >= 0.6 is 11.3 Å². The molecule has 23 heavy (non-hydrogen) atoms. The van der Waals surface area contributed by atoms with Crippen molar-refractivity contribution in [1.82, 2.24) is 10.3 Å². The standard InChI is InChI=1S/C17H23N3O2S/c1-12(11-19-16(21)22-17(2,3)4)20-14-7-5-6-13(10-14)15-18-8-9-23-15/h5-10,12,20H,11H2,1-4H3,(H,19,21). The summed E-state index contributed by atoms with van der Waals surface area (Å²) in [5, 5.41) is 9.09. The molecule has 0 fully saturated rings. The normalized spacial score (nSPS) is 12.5. The van der Waals surface area contributed by atoms with Gasteiger partial charge in [-0.25, -0.2) is 9.78 Å². The van der Waals surface area contributed by atoms with Gasteiger partial charge in [0, 0.05) is 35.4 Å². The molecule has 1 unspecified atom stereocenters. The molecule has 0 spiro atoms. The minimum absolute atomic E-state index is 0.0778. The maximum Gasteiger partial charge on any atom is 0.407 e. The molecule has 2 aromatic rings. The van der Waals surface area contributed by atoms with Crippen LogP contribution in [0, 0.1) is 0 Å². The van der Waals surface area contributed by atoms with Gasteiger partial charge in [-0.3, -0.25) is 0 Å². The lowest BCUT2D eigenvalue weighted by Gasteiger charge is -2.21. The Kier molecular flexibility index (Phi) is 5.60. The van der Waals surface area contributed by atoms with Gasteiger partial charge in [0.15, 0.2) is 0 Å². The number of benzene rings is 1. The van der Waals surface area contributed by atoms with Crippen molar-refractivity contribution < 1.29 is 9.53 Å². The summed E-state index contributed by atoms with van der Waals surface area (Å²) in [5.74, 6) is 0. The third kappa shape index (κ3) is 5.90. The molecule has 0 saturated heterocycles. The number of nitrogens with zero attached hydrogens (tertiary/aromatic N) is 1. The first-order valence-corrected chi connectivity index (χ1v) is 8.45. The second-order valence-corrected chi connectivity index (χ2v) is 7.24. The smallest absolute Gasteiger partial charge is 0.407 e. The molecule has 1 heterocycles. The number of alkyl carbamates (subject to hydrolysis) is 1. The highest BCUT2D eigenvalue weighted by molar-refractivity contribution is 7.13. The summed E-state index contributed by atoms with van der Waals surface area (Å²) >= 11 is 1.61. The predicted molar refractivity (Wildman–Crippen MR) is 94.9 cm³/mol. The molecule has 0 radical (unpaired) electrons. The van der Waals surface area contributed by atoms with E-state index in [1.165, 1.54) is 0 Å². The van der Waals surface area contributed by atoms with Crippen molar-refractivity contribution >= 4 is 23.1 Å². The van der Waals surface area contributed by atoms with E-state index < -0.39 is 11.7 Å². The van der Waals surface area contributed by atoms with Gasteiger partial charge in [-0.1, -0.05) is 12.1 Å². The highest BCUT2D eigenvalue weighted by Crippen LogP contribution is 2.24. The molecule has 124 valence electrons. The van der Waals surface area contributed by atoms with Gasteiger partial charge in [-0.2, -0.15) is 0 Å². The number of hydrogen-bond acceptors (Lipinski definition) is 5.